The molecule has 17 heavy (non-hydrogen) atoms. The lowest BCUT2D eigenvalue weighted by Gasteiger charge is -2.13. The summed E-state index contributed by atoms with van der Waals surface area (Å²) in [6.45, 7) is 3.63. The van der Waals surface area contributed by atoms with Gasteiger partial charge in [0.05, 0.1) is 0 Å². The second-order valence-electron chi connectivity index (χ2n) is 4.12. The fourth-order valence-electron chi connectivity index (χ4n) is 1.46. The molecule has 0 fully saturated rings. The van der Waals surface area contributed by atoms with E-state index in [1.165, 1.54) is 12.1 Å². The molecule has 1 aromatic carbocycles. The van der Waals surface area contributed by atoms with Crippen molar-refractivity contribution in [2.75, 3.05) is 12.0 Å². The second kappa shape index (κ2) is 6.64. The summed E-state index contributed by atoms with van der Waals surface area (Å²) in [6, 6.07) is 4.56. The summed E-state index contributed by atoms with van der Waals surface area (Å²) >= 11 is 1.76. The summed E-state index contributed by atoms with van der Waals surface area (Å²) in [6.07, 6.45) is 2.98. The molecule has 1 aromatic rings. The average molecular weight is 255 g/mol. The molecule has 0 aliphatic carbocycles. The van der Waals surface area contributed by atoms with Crippen LogP contribution in [0.2, 0.25) is 0 Å². The zero-order valence-electron chi connectivity index (χ0n) is 10.4. The average Bonchev–Trinajstić information content (AvgIpc) is 2.30. The molecule has 0 aliphatic heterocycles. The van der Waals surface area contributed by atoms with Gasteiger partial charge in [-0.3, -0.25) is 4.79 Å². The van der Waals surface area contributed by atoms with Crippen LogP contribution >= 0.6 is 11.8 Å². The topological polar surface area (TPSA) is 29.1 Å². The molecule has 1 N–H and O–H groups in total. The van der Waals surface area contributed by atoms with Gasteiger partial charge in [0.2, 0.25) is 0 Å². The van der Waals surface area contributed by atoms with Crippen LogP contribution in [-0.2, 0) is 0 Å². The number of carbonyl (C=O) groups excluding carboxylic acids is 1. The highest BCUT2D eigenvalue weighted by atomic mass is 32.2. The van der Waals surface area contributed by atoms with Gasteiger partial charge in [-0.15, -0.1) is 0 Å². The maximum atomic E-state index is 13.1. The van der Waals surface area contributed by atoms with Crippen molar-refractivity contribution in [3.8, 4) is 0 Å². The Morgan fingerprint density at radius 2 is 2.24 bits per heavy atom. The summed E-state index contributed by atoms with van der Waals surface area (Å²) < 4.78 is 13.1. The minimum Gasteiger partial charge on any atom is -0.350 e. The number of aryl methyl sites for hydroxylation is 1. The third kappa shape index (κ3) is 4.38. The zero-order chi connectivity index (χ0) is 12.8. The van der Waals surface area contributed by atoms with Crippen molar-refractivity contribution in [3.63, 3.8) is 0 Å². The number of carbonyl (C=O) groups is 1. The number of thioether (sulfide) groups is 1. The van der Waals surface area contributed by atoms with Crippen LogP contribution in [0, 0.1) is 12.7 Å². The molecule has 0 bridgehead atoms. The van der Waals surface area contributed by atoms with E-state index in [4.69, 9.17) is 0 Å². The molecule has 0 aromatic heterocycles. The molecule has 1 atom stereocenters. The van der Waals surface area contributed by atoms with Crippen molar-refractivity contribution in [2.24, 2.45) is 0 Å². The van der Waals surface area contributed by atoms with Gasteiger partial charge < -0.3 is 5.32 Å². The van der Waals surface area contributed by atoms with Crippen molar-refractivity contribution >= 4 is 17.7 Å². The molecule has 0 radical (unpaired) electrons. The first-order chi connectivity index (χ1) is 8.04. The fraction of sp³-hybridized carbons (Fsp3) is 0.462. The standard InChI is InChI=1S/C13H18FNOS/c1-9-8-11(4-5-12(9)14)13(16)15-10(2)6-7-17-3/h4-5,8,10H,6-7H2,1-3H3,(H,15,16). The molecule has 4 heteroatoms. The molecular weight excluding hydrogens is 237 g/mol. The Balaban J connectivity index is 2.60. The van der Waals surface area contributed by atoms with E-state index in [0.717, 1.165) is 12.2 Å². The molecule has 0 aliphatic rings. The Kier molecular flexibility index (Phi) is 5.48. The maximum absolute atomic E-state index is 13.1. The van der Waals surface area contributed by atoms with E-state index in [-0.39, 0.29) is 17.8 Å². The fourth-order valence-corrected chi connectivity index (χ4v) is 2.05. The summed E-state index contributed by atoms with van der Waals surface area (Å²) in [4.78, 5) is 11.8. The Morgan fingerprint density at radius 3 is 2.82 bits per heavy atom. The first kappa shape index (κ1) is 14.0. The quantitative estimate of drug-likeness (QED) is 0.876. The summed E-state index contributed by atoms with van der Waals surface area (Å²) in [5.74, 6) is 0.600. The minimum atomic E-state index is -0.281. The van der Waals surface area contributed by atoms with E-state index < -0.39 is 0 Å². The molecule has 1 amide bonds. The van der Waals surface area contributed by atoms with Crippen LogP contribution in [0.1, 0.15) is 29.3 Å². The number of hydrogen-bond donors (Lipinski definition) is 1. The molecule has 0 saturated heterocycles. The number of nitrogens with one attached hydrogen (secondary N) is 1. The first-order valence-corrected chi connectivity index (χ1v) is 7.00. The normalized spacial score (nSPS) is 12.2. The smallest absolute Gasteiger partial charge is 0.251 e. The zero-order valence-corrected chi connectivity index (χ0v) is 11.2. The number of hydrogen-bond acceptors (Lipinski definition) is 2. The van der Waals surface area contributed by atoms with Crippen molar-refractivity contribution < 1.29 is 9.18 Å². The highest BCUT2D eigenvalue weighted by Crippen LogP contribution is 2.09. The van der Waals surface area contributed by atoms with Gasteiger partial charge in [-0.1, -0.05) is 0 Å². The van der Waals surface area contributed by atoms with Gasteiger partial charge in [-0.05, 0) is 56.0 Å². The van der Waals surface area contributed by atoms with Crippen LogP contribution in [-0.4, -0.2) is 24.0 Å². The van der Waals surface area contributed by atoms with Gasteiger partial charge in [-0.2, -0.15) is 11.8 Å². The monoisotopic (exact) mass is 255 g/mol. The SMILES string of the molecule is CSCCC(C)NC(=O)c1ccc(F)c(C)c1. The van der Waals surface area contributed by atoms with E-state index in [2.05, 4.69) is 5.32 Å². The van der Waals surface area contributed by atoms with E-state index >= 15 is 0 Å². The molecule has 0 heterocycles. The number of rotatable bonds is 5. The van der Waals surface area contributed by atoms with Gasteiger partial charge in [0.1, 0.15) is 5.82 Å². The van der Waals surface area contributed by atoms with E-state index in [0.29, 0.717) is 11.1 Å². The van der Waals surface area contributed by atoms with Crippen molar-refractivity contribution in [1.82, 2.24) is 5.32 Å². The Labute approximate surface area is 106 Å². The third-order valence-electron chi connectivity index (χ3n) is 2.55. The lowest BCUT2D eigenvalue weighted by atomic mass is 10.1. The van der Waals surface area contributed by atoms with Crippen LogP contribution in [0.4, 0.5) is 4.39 Å². The van der Waals surface area contributed by atoms with Crippen LogP contribution in [0.15, 0.2) is 18.2 Å². The molecular formula is C13H18FNOS. The maximum Gasteiger partial charge on any atom is 0.251 e. The van der Waals surface area contributed by atoms with Gasteiger partial charge >= 0.3 is 0 Å². The third-order valence-corrected chi connectivity index (χ3v) is 3.20. The predicted octanol–water partition coefficient (Wildman–Crippen LogP) is 3.01. The molecule has 1 rings (SSSR count). The van der Waals surface area contributed by atoms with E-state index in [1.807, 2.05) is 13.2 Å². The van der Waals surface area contributed by atoms with Crippen LogP contribution in [0.5, 0.6) is 0 Å². The number of halogens is 1. The van der Waals surface area contributed by atoms with Gasteiger partial charge in [0.25, 0.3) is 5.91 Å². The van der Waals surface area contributed by atoms with Crippen LogP contribution < -0.4 is 5.32 Å². The summed E-state index contributed by atoms with van der Waals surface area (Å²) in [7, 11) is 0. The predicted molar refractivity (Wildman–Crippen MR) is 71.1 cm³/mol. The second-order valence-corrected chi connectivity index (χ2v) is 5.11. The number of amides is 1. The molecule has 94 valence electrons. The minimum absolute atomic E-state index is 0.137. The van der Waals surface area contributed by atoms with Crippen LogP contribution in [0.25, 0.3) is 0 Å². The largest absolute Gasteiger partial charge is 0.350 e. The highest BCUT2D eigenvalue weighted by Gasteiger charge is 2.10. The Hall–Kier alpha value is -1.03. The molecule has 0 saturated carbocycles. The summed E-state index contributed by atoms with van der Waals surface area (Å²) in [5.41, 5.74) is 1.01. The van der Waals surface area contributed by atoms with Crippen molar-refractivity contribution in [1.29, 1.82) is 0 Å². The lowest BCUT2D eigenvalue weighted by Crippen LogP contribution is -2.33. The van der Waals surface area contributed by atoms with Crippen molar-refractivity contribution in [3.05, 3.63) is 35.1 Å². The van der Waals surface area contributed by atoms with Crippen LogP contribution in [0.3, 0.4) is 0 Å². The molecule has 0 spiro atoms. The summed E-state index contributed by atoms with van der Waals surface area (Å²) in [5, 5.41) is 2.90. The van der Waals surface area contributed by atoms with E-state index in [1.54, 1.807) is 24.8 Å². The molecule has 2 nitrogen and oxygen atoms in total. The van der Waals surface area contributed by atoms with Crippen molar-refractivity contribution in [2.45, 2.75) is 26.3 Å². The first-order valence-electron chi connectivity index (χ1n) is 5.60. The van der Waals surface area contributed by atoms with Gasteiger partial charge in [-0.25, -0.2) is 4.39 Å². The lowest BCUT2D eigenvalue weighted by molar-refractivity contribution is 0.0939. The highest BCUT2D eigenvalue weighted by molar-refractivity contribution is 7.98. The van der Waals surface area contributed by atoms with Gasteiger partial charge in [0, 0.05) is 11.6 Å². The van der Waals surface area contributed by atoms with E-state index in [9.17, 15) is 9.18 Å². The Morgan fingerprint density at radius 1 is 1.53 bits per heavy atom. The number of benzene rings is 1. The van der Waals surface area contributed by atoms with Gasteiger partial charge in [0.15, 0.2) is 0 Å². The molecule has 1 unspecified atom stereocenters. The Bertz CT molecular complexity index is 395.